The van der Waals surface area contributed by atoms with Crippen molar-refractivity contribution in [3.63, 3.8) is 0 Å². The molecule has 0 amide bonds. The Morgan fingerprint density at radius 2 is 1.94 bits per heavy atom. The zero-order valence-electron chi connectivity index (χ0n) is 18.4. The van der Waals surface area contributed by atoms with Gasteiger partial charge in [0.1, 0.15) is 11.5 Å². The number of aliphatic hydroxyl groups is 2. The lowest BCUT2D eigenvalue weighted by molar-refractivity contribution is -0.114. The van der Waals surface area contributed by atoms with Crippen molar-refractivity contribution in [2.24, 2.45) is 0 Å². The minimum atomic E-state index is -0.522. The predicted octanol–water partition coefficient (Wildman–Crippen LogP) is 4.57. The van der Waals surface area contributed by atoms with Crippen LogP contribution < -0.4 is 9.47 Å². The molecule has 2 aromatic rings. The molecule has 4 rings (SSSR count). The molecule has 0 aromatic heterocycles. The first kappa shape index (κ1) is 22.4. The minimum absolute atomic E-state index is 0.116. The summed E-state index contributed by atoms with van der Waals surface area (Å²) >= 11 is 6.93. The highest BCUT2D eigenvalue weighted by atomic mass is 35.5. The summed E-state index contributed by atoms with van der Waals surface area (Å²) in [5.74, 6) is 1.61. The van der Waals surface area contributed by atoms with Gasteiger partial charge in [-0.05, 0) is 42.7 Å². The zero-order chi connectivity index (χ0) is 22.2. The first-order valence-corrected chi connectivity index (χ1v) is 11.3. The van der Waals surface area contributed by atoms with Crippen LogP contribution in [0.15, 0.2) is 30.3 Å². The Hall–Kier alpha value is -1.79. The summed E-state index contributed by atoms with van der Waals surface area (Å²) in [4.78, 5) is 0. The molecule has 2 aromatic carbocycles. The fraction of sp³-hybridized carbons (Fsp3) is 0.520. The van der Waals surface area contributed by atoms with E-state index in [0.717, 1.165) is 38.8 Å². The second-order valence-corrected chi connectivity index (χ2v) is 9.50. The van der Waals surface area contributed by atoms with Gasteiger partial charge in [-0.3, -0.25) is 0 Å². The standard InChI is InChI=1S/C25H31ClO5/c1-4-29-18-7-5-15(6-8-18)9-16-10-20(21-12-17(28)11-19(13-27)31-21)24-22(23(16)26)25(2,3)14-30-24/h5-8,10,17,19,21,27-28H,4,9,11-14H2,1-3H3. The molecule has 2 aliphatic heterocycles. The summed E-state index contributed by atoms with van der Waals surface area (Å²) in [5, 5.41) is 20.7. The molecule has 0 bridgehead atoms. The van der Waals surface area contributed by atoms with Gasteiger partial charge < -0.3 is 24.4 Å². The summed E-state index contributed by atoms with van der Waals surface area (Å²) in [7, 11) is 0. The van der Waals surface area contributed by atoms with Gasteiger partial charge >= 0.3 is 0 Å². The van der Waals surface area contributed by atoms with Crippen LogP contribution in [0.1, 0.15) is 62.0 Å². The van der Waals surface area contributed by atoms with Gasteiger partial charge in [-0.25, -0.2) is 0 Å². The average molecular weight is 447 g/mol. The van der Waals surface area contributed by atoms with Crippen LogP contribution in [0.3, 0.4) is 0 Å². The number of fused-ring (bicyclic) bond motifs is 1. The van der Waals surface area contributed by atoms with E-state index in [9.17, 15) is 10.2 Å². The maximum absolute atomic E-state index is 10.4. The van der Waals surface area contributed by atoms with Gasteiger partial charge in [0.2, 0.25) is 0 Å². The van der Waals surface area contributed by atoms with Crippen LogP contribution >= 0.6 is 11.6 Å². The van der Waals surface area contributed by atoms with Crippen LogP contribution in [0.25, 0.3) is 0 Å². The van der Waals surface area contributed by atoms with Gasteiger partial charge in [-0.1, -0.05) is 37.6 Å². The summed E-state index contributed by atoms with van der Waals surface area (Å²) in [6, 6.07) is 10.1. The highest BCUT2D eigenvalue weighted by Gasteiger charge is 2.40. The molecular weight excluding hydrogens is 416 g/mol. The van der Waals surface area contributed by atoms with E-state index in [0.29, 0.717) is 32.5 Å². The first-order valence-electron chi connectivity index (χ1n) is 11.0. The van der Waals surface area contributed by atoms with Crippen molar-refractivity contribution in [1.82, 2.24) is 0 Å². The minimum Gasteiger partial charge on any atom is -0.494 e. The lowest BCUT2D eigenvalue weighted by Crippen LogP contribution is -2.33. The topological polar surface area (TPSA) is 68.2 Å². The van der Waals surface area contributed by atoms with Crippen LogP contribution in [-0.2, 0) is 16.6 Å². The fourth-order valence-corrected chi connectivity index (χ4v) is 5.03. The van der Waals surface area contributed by atoms with Crippen LogP contribution in [0.5, 0.6) is 11.5 Å². The number of halogens is 1. The molecule has 0 radical (unpaired) electrons. The summed E-state index contributed by atoms with van der Waals surface area (Å²) in [6.45, 7) is 7.28. The van der Waals surface area contributed by atoms with Crippen LogP contribution in [0.2, 0.25) is 5.02 Å². The Bertz CT molecular complexity index is 924. The normalized spacial score (nSPS) is 24.5. The Morgan fingerprint density at radius 1 is 1.19 bits per heavy atom. The quantitative estimate of drug-likeness (QED) is 0.680. The van der Waals surface area contributed by atoms with Crippen molar-refractivity contribution in [2.45, 2.75) is 63.8 Å². The van der Waals surface area contributed by atoms with E-state index in [-0.39, 0.29) is 24.2 Å². The zero-order valence-corrected chi connectivity index (χ0v) is 19.1. The second kappa shape index (κ2) is 8.99. The molecule has 0 spiro atoms. The number of ether oxygens (including phenoxy) is 3. The molecule has 3 atom stereocenters. The summed E-state index contributed by atoms with van der Waals surface area (Å²) in [5.41, 5.74) is 3.81. The van der Waals surface area contributed by atoms with Gasteiger partial charge in [0.25, 0.3) is 0 Å². The van der Waals surface area contributed by atoms with E-state index in [2.05, 4.69) is 32.0 Å². The second-order valence-electron chi connectivity index (χ2n) is 9.12. The predicted molar refractivity (Wildman–Crippen MR) is 120 cm³/mol. The summed E-state index contributed by atoms with van der Waals surface area (Å²) in [6.07, 6.45) is 0.320. The molecule has 6 heteroatoms. The summed E-state index contributed by atoms with van der Waals surface area (Å²) < 4.78 is 17.8. The molecule has 3 unspecified atom stereocenters. The molecule has 168 valence electrons. The van der Waals surface area contributed by atoms with Crippen LogP contribution in [0.4, 0.5) is 0 Å². The van der Waals surface area contributed by atoms with Crippen molar-refractivity contribution < 1.29 is 24.4 Å². The van der Waals surface area contributed by atoms with E-state index >= 15 is 0 Å². The Kier molecular flexibility index (Phi) is 6.50. The van der Waals surface area contributed by atoms with E-state index in [1.807, 2.05) is 19.1 Å². The molecule has 5 nitrogen and oxygen atoms in total. The smallest absolute Gasteiger partial charge is 0.130 e. The van der Waals surface area contributed by atoms with Gasteiger partial charge in [0, 0.05) is 29.4 Å². The largest absolute Gasteiger partial charge is 0.494 e. The van der Waals surface area contributed by atoms with E-state index < -0.39 is 6.10 Å². The Morgan fingerprint density at radius 3 is 2.61 bits per heavy atom. The fourth-order valence-electron chi connectivity index (χ4n) is 4.57. The third kappa shape index (κ3) is 4.56. The molecule has 1 fully saturated rings. The Balaban J connectivity index is 1.73. The molecular formula is C25H31ClO5. The first-order chi connectivity index (χ1) is 14.8. The van der Waals surface area contributed by atoms with Crippen molar-refractivity contribution in [1.29, 1.82) is 0 Å². The molecule has 31 heavy (non-hydrogen) atoms. The monoisotopic (exact) mass is 446 g/mol. The lowest BCUT2D eigenvalue weighted by atomic mass is 9.82. The van der Waals surface area contributed by atoms with Gasteiger partial charge in [0.15, 0.2) is 0 Å². The van der Waals surface area contributed by atoms with E-state index in [1.54, 1.807) is 0 Å². The number of aliphatic hydroxyl groups excluding tert-OH is 2. The SMILES string of the molecule is CCOc1ccc(Cc2cc(C3CC(O)CC(CO)O3)c3c(c2Cl)C(C)(C)CO3)cc1. The molecule has 2 heterocycles. The lowest BCUT2D eigenvalue weighted by Gasteiger charge is -2.33. The van der Waals surface area contributed by atoms with Crippen molar-refractivity contribution in [3.8, 4) is 11.5 Å². The highest BCUT2D eigenvalue weighted by Crippen LogP contribution is 2.50. The van der Waals surface area contributed by atoms with E-state index in [4.69, 9.17) is 25.8 Å². The van der Waals surface area contributed by atoms with Gasteiger partial charge in [-0.2, -0.15) is 0 Å². The highest BCUT2D eigenvalue weighted by molar-refractivity contribution is 6.32. The maximum Gasteiger partial charge on any atom is 0.130 e. The molecule has 1 saturated heterocycles. The molecule has 0 saturated carbocycles. The van der Waals surface area contributed by atoms with Crippen molar-refractivity contribution in [3.05, 3.63) is 57.6 Å². The van der Waals surface area contributed by atoms with Crippen LogP contribution in [-0.4, -0.2) is 42.2 Å². The molecule has 2 N–H and O–H groups in total. The number of hydrogen-bond donors (Lipinski definition) is 2. The van der Waals surface area contributed by atoms with Crippen molar-refractivity contribution >= 4 is 11.6 Å². The Labute approximate surface area is 188 Å². The van der Waals surface area contributed by atoms with Crippen LogP contribution in [0, 0.1) is 0 Å². The molecule has 2 aliphatic rings. The third-order valence-corrected chi connectivity index (χ3v) is 6.56. The average Bonchev–Trinajstić information content (AvgIpc) is 3.06. The number of hydrogen-bond acceptors (Lipinski definition) is 5. The van der Waals surface area contributed by atoms with Crippen molar-refractivity contribution in [2.75, 3.05) is 19.8 Å². The van der Waals surface area contributed by atoms with E-state index in [1.165, 1.54) is 0 Å². The number of rotatable bonds is 6. The molecule has 0 aliphatic carbocycles. The van der Waals surface area contributed by atoms with Gasteiger partial charge in [0.05, 0.1) is 43.2 Å². The maximum atomic E-state index is 10.4. The third-order valence-electron chi connectivity index (χ3n) is 6.13. The number of benzene rings is 2. The van der Waals surface area contributed by atoms with Gasteiger partial charge in [-0.15, -0.1) is 0 Å².